The molecule has 9 heteroatoms. The second kappa shape index (κ2) is 6.72. The fraction of sp³-hybridized carbons (Fsp3) is 0.250. The normalized spacial score (nSPS) is 14.2. The second-order valence-electron chi connectivity index (χ2n) is 5.40. The first kappa shape index (κ1) is 17.8. The Morgan fingerprint density at radius 3 is 2.68 bits per heavy atom. The molecule has 0 bridgehead atoms. The molecule has 0 saturated heterocycles. The van der Waals surface area contributed by atoms with E-state index in [-0.39, 0.29) is 27.4 Å². The van der Waals surface area contributed by atoms with Gasteiger partial charge >= 0.3 is 6.36 Å². The van der Waals surface area contributed by atoms with Crippen LogP contribution in [0.3, 0.4) is 0 Å². The predicted molar refractivity (Wildman–Crippen MR) is 87.4 cm³/mol. The van der Waals surface area contributed by atoms with Crippen LogP contribution in [0, 0.1) is 0 Å². The van der Waals surface area contributed by atoms with E-state index < -0.39 is 6.36 Å². The smallest absolute Gasteiger partial charge is 0.406 e. The monoisotopic (exact) mass is 390 g/mol. The summed E-state index contributed by atoms with van der Waals surface area (Å²) in [5.41, 5.74) is 1.39. The molecule has 1 aromatic heterocycles. The number of anilines is 1. The molecule has 1 aromatic carbocycles. The van der Waals surface area contributed by atoms with E-state index in [1.165, 1.54) is 35.4 Å². The molecule has 2 aromatic rings. The molecule has 3 rings (SSSR count). The number of hydrogen-bond acceptors (Lipinski definition) is 3. The van der Waals surface area contributed by atoms with Gasteiger partial charge in [0.05, 0.1) is 10.6 Å². The highest BCUT2D eigenvalue weighted by Crippen LogP contribution is 2.33. The highest BCUT2D eigenvalue weighted by atomic mass is 35.5. The number of alkyl halides is 3. The standard InChI is InChI=1S/C16H11Cl2F3N2O2/c17-12-7-10(8-22-14(12)18)15(24)23-5-1-2-9-6-11(3-4-13(9)23)25-16(19,20)21/h3-4,6-8H,1-2,5H2. The first-order valence-corrected chi connectivity index (χ1v) is 8.02. The van der Waals surface area contributed by atoms with Crippen LogP contribution in [0.4, 0.5) is 18.9 Å². The molecule has 0 atom stereocenters. The Kier molecular flexibility index (Phi) is 4.79. The number of aromatic nitrogens is 1. The average Bonchev–Trinajstić information content (AvgIpc) is 2.54. The van der Waals surface area contributed by atoms with Gasteiger partial charge in [-0.2, -0.15) is 0 Å². The lowest BCUT2D eigenvalue weighted by molar-refractivity contribution is -0.274. The lowest BCUT2D eigenvalue weighted by Crippen LogP contribution is -2.35. The SMILES string of the molecule is O=C(c1cnc(Cl)c(Cl)c1)N1CCCc2cc(OC(F)(F)F)ccc21. The minimum Gasteiger partial charge on any atom is -0.406 e. The van der Waals surface area contributed by atoms with Crippen molar-refractivity contribution in [3.63, 3.8) is 0 Å². The molecule has 0 aliphatic carbocycles. The van der Waals surface area contributed by atoms with E-state index in [4.69, 9.17) is 23.2 Å². The zero-order valence-electron chi connectivity index (χ0n) is 12.6. The maximum absolute atomic E-state index is 12.7. The molecule has 0 N–H and O–H groups in total. The molecule has 0 unspecified atom stereocenters. The molecular weight excluding hydrogens is 380 g/mol. The maximum Gasteiger partial charge on any atom is 0.573 e. The third kappa shape index (κ3) is 3.99. The largest absolute Gasteiger partial charge is 0.573 e. The van der Waals surface area contributed by atoms with Gasteiger partial charge in [-0.15, -0.1) is 13.2 Å². The Labute approximate surface area is 151 Å². The van der Waals surface area contributed by atoms with Crippen LogP contribution in [0.15, 0.2) is 30.5 Å². The van der Waals surface area contributed by atoms with Crippen LogP contribution in [0.5, 0.6) is 5.75 Å². The highest BCUT2D eigenvalue weighted by Gasteiger charge is 2.32. The number of carbonyl (C=O) groups is 1. The molecule has 2 heterocycles. The van der Waals surface area contributed by atoms with Gasteiger partial charge in [-0.1, -0.05) is 23.2 Å². The zero-order valence-corrected chi connectivity index (χ0v) is 14.1. The van der Waals surface area contributed by atoms with Crippen molar-refractivity contribution < 1.29 is 22.7 Å². The van der Waals surface area contributed by atoms with Crippen LogP contribution in [0.1, 0.15) is 22.3 Å². The van der Waals surface area contributed by atoms with Crippen LogP contribution in [0.2, 0.25) is 10.2 Å². The van der Waals surface area contributed by atoms with Gasteiger partial charge in [0.2, 0.25) is 0 Å². The maximum atomic E-state index is 12.7. The molecule has 25 heavy (non-hydrogen) atoms. The van der Waals surface area contributed by atoms with Crippen LogP contribution in [-0.4, -0.2) is 23.8 Å². The Morgan fingerprint density at radius 2 is 2.00 bits per heavy atom. The van der Waals surface area contributed by atoms with Gasteiger partial charge in [0.1, 0.15) is 10.9 Å². The first-order valence-electron chi connectivity index (χ1n) is 7.26. The van der Waals surface area contributed by atoms with Gasteiger partial charge in [0.15, 0.2) is 0 Å². The van der Waals surface area contributed by atoms with Gasteiger partial charge in [-0.3, -0.25) is 4.79 Å². The number of hydrogen-bond donors (Lipinski definition) is 0. The Balaban J connectivity index is 1.90. The molecule has 0 radical (unpaired) electrons. The zero-order chi connectivity index (χ0) is 18.2. The molecule has 4 nitrogen and oxygen atoms in total. The summed E-state index contributed by atoms with van der Waals surface area (Å²) in [7, 11) is 0. The summed E-state index contributed by atoms with van der Waals surface area (Å²) in [4.78, 5) is 18.0. The molecule has 0 fully saturated rings. The fourth-order valence-corrected chi connectivity index (χ4v) is 2.95. The van der Waals surface area contributed by atoms with Crippen molar-refractivity contribution in [2.75, 3.05) is 11.4 Å². The summed E-state index contributed by atoms with van der Waals surface area (Å²) in [5, 5.41) is 0.241. The molecule has 1 aliphatic heterocycles. The molecule has 0 spiro atoms. The van der Waals surface area contributed by atoms with Gasteiger partial charge < -0.3 is 9.64 Å². The highest BCUT2D eigenvalue weighted by molar-refractivity contribution is 6.41. The number of benzene rings is 1. The van der Waals surface area contributed by atoms with Gasteiger partial charge in [0, 0.05) is 18.4 Å². The molecule has 132 valence electrons. The number of carbonyl (C=O) groups excluding carboxylic acids is 1. The molecule has 1 aliphatic rings. The first-order chi connectivity index (χ1) is 11.7. The fourth-order valence-electron chi connectivity index (χ4n) is 2.68. The third-order valence-corrected chi connectivity index (χ3v) is 4.38. The van der Waals surface area contributed by atoms with E-state index in [2.05, 4.69) is 9.72 Å². The Hall–Kier alpha value is -1.99. The molecule has 1 amide bonds. The van der Waals surface area contributed by atoms with Crippen LogP contribution in [0.25, 0.3) is 0 Å². The van der Waals surface area contributed by atoms with Crippen molar-refractivity contribution in [2.24, 2.45) is 0 Å². The van der Waals surface area contributed by atoms with Crippen LogP contribution in [-0.2, 0) is 6.42 Å². The van der Waals surface area contributed by atoms with E-state index in [1.807, 2.05) is 0 Å². The summed E-state index contributed by atoms with van der Waals surface area (Å²) >= 11 is 11.6. The number of pyridine rings is 1. The summed E-state index contributed by atoms with van der Waals surface area (Å²) in [5.74, 6) is -0.659. The number of ether oxygens (including phenoxy) is 1. The van der Waals surface area contributed by atoms with E-state index in [9.17, 15) is 18.0 Å². The van der Waals surface area contributed by atoms with Crippen LogP contribution < -0.4 is 9.64 Å². The van der Waals surface area contributed by atoms with Crippen molar-refractivity contribution in [1.82, 2.24) is 4.98 Å². The van der Waals surface area contributed by atoms with Gasteiger partial charge in [0.25, 0.3) is 5.91 Å². The van der Waals surface area contributed by atoms with Gasteiger partial charge in [-0.05, 0) is 42.7 Å². The number of nitrogens with zero attached hydrogens (tertiary/aromatic N) is 2. The predicted octanol–water partition coefficient (Wildman–Crippen LogP) is 4.88. The third-order valence-electron chi connectivity index (χ3n) is 3.69. The number of fused-ring (bicyclic) bond motifs is 1. The second-order valence-corrected chi connectivity index (χ2v) is 6.16. The van der Waals surface area contributed by atoms with Crippen molar-refractivity contribution in [2.45, 2.75) is 19.2 Å². The van der Waals surface area contributed by atoms with Gasteiger partial charge in [-0.25, -0.2) is 4.98 Å². The van der Waals surface area contributed by atoms with Crippen molar-refractivity contribution >= 4 is 34.8 Å². The van der Waals surface area contributed by atoms with E-state index >= 15 is 0 Å². The summed E-state index contributed by atoms with van der Waals surface area (Å²) in [6.45, 7) is 0.436. The summed E-state index contributed by atoms with van der Waals surface area (Å²) < 4.78 is 41.0. The Bertz CT molecular complexity index is 828. The van der Waals surface area contributed by atoms with Crippen molar-refractivity contribution in [3.05, 3.63) is 51.8 Å². The minimum absolute atomic E-state index is 0.0891. The summed E-state index contributed by atoms with van der Waals surface area (Å²) in [6.07, 6.45) is -2.28. The van der Waals surface area contributed by atoms with E-state index in [1.54, 1.807) is 0 Å². The minimum atomic E-state index is -4.76. The molecule has 0 saturated carbocycles. The number of amides is 1. The van der Waals surface area contributed by atoms with Crippen molar-refractivity contribution in [3.8, 4) is 5.75 Å². The van der Waals surface area contributed by atoms with Crippen molar-refractivity contribution in [1.29, 1.82) is 0 Å². The summed E-state index contributed by atoms with van der Waals surface area (Å²) in [6, 6.07) is 5.34. The Morgan fingerprint density at radius 1 is 1.24 bits per heavy atom. The number of aryl methyl sites for hydroxylation is 1. The number of halogens is 5. The molecular formula is C16H11Cl2F3N2O2. The average molecular weight is 391 g/mol. The lowest BCUT2D eigenvalue weighted by atomic mass is 10.0. The van der Waals surface area contributed by atoms with E-state index in [0.29, 0.717) is 30.6 Å². The number of rotatable bonds is 2. The topological polar surface area (TPSA) is 42.4 Å². The van der Waals surface area contributed by atoms with E-state index in [0.717, 1.165) is 0 Å². The van der Waals surface area contributed by atoms with Crippen LogP contribution >= 0.6 is 23.2 Å². The quantitative estimate of drug-likeness (QED) is 0.686. The lowest BCUT2D eigenvalue weighted by Gasteiger charge is -2.30.